The van der Waals surface area contributed by atoms with E-state index in [1.165, 1.54) is 12.1 Å². The predicted molar refractivity (Wildman–Crippen MR) is 87.5 cm³/mol. The number of hydrogen-bond donors (Lipinski definition) is 1. The number of rotatable bonds is 3. The Hall–Kier alpha value is -2.25. The third-order valence-electron chi connectivity index (χ3n) is 5.43. The van der Waals surface area contributed by atoms with Crippen molar-refractivity contribution in [3.8, 4) is 5.75 Å². The number of likely N-dealkylation sites (tertiary alicyclic amines) is 1. The molecule has 0 bridgehead atoms. The molecule has 2 fully saturated rings. The highest BCUT2D eigenvalue weighted by Gasteiger charge is 2.52. The molecule has 1 N–H and O–H groups in total. The Kier molecular flexibility index (Phi) is 4.86. The average molecular weight is 370 g/mol. The summed E-state index contributed by atoms with van der Waals surface area (Å²) in [5.74, 6) is -0.949. The molecule has 142 valence electrons. The summed E-state index contributed by atoms with van der Waals surface area (Å²) in [6.07, 6.45) is -0.867. The van der Waals surface area contributed by atoms with Gasteiger partial charge in [-0.1, -0.05) is 12.8 Å². The van der Waals surface area contributed by atoms with E-state index in [0.29, 0.717) is 13.1 Å². The lowest BCUT2D eigenvalue weighted by Crippen LogP contribution is -2.38. The van der Waals surface area contributed by atoms with Gasteiger partial charge in [0.05, 0.1) is 5.92 Å². The highest BCUT2D eigenvalue weighted by atomic mass is 19.4. The van der Waals surface area contributed by atoms with Crippen LogP contribution in [0.1, 0.15) is 36.0 Å². The monoisotopic (exact) mass is 370 g/mol. The highest BCUT2D eigenvalue weighted by molar-refractivity contribution is 5.95. The second-order valence-electron chi connectivity index (χ2n) is 6.99. The second-order valence-corrected chi connectivity index (χ2v) is 6.99. The van der Waals surface area contributed by atoms with Crippen molar-refractivity contribution in [2.45, 2.75) is 32.0 Å². The van der Waals surface area contributed by atoms with Crippen LogP contribution in [0.3, 0.4) is 0 Å². The molecule has 1 heterocycles. The number of ether oxygens (including phenoxy) is 1. The molecular weight excluding hydrogens is 349 g/mol. The number of carbonyl (C=O) groups excluding carboxylic acids is 2. The minimum Gasteiger partial charge on any atom is -0.406 e. The van der Waals surface area contributed by atoms with Crippen molar-refractivity contribution in [3.05, 3.63) is 29.8 Å². The molecule has 2 amide bonds. The van der Waals surface area contributed by atoms with Gasteiger partial charge in [0, 0.05) is 31.1 Å². The number of nitrogens with zero attached hydrogens (tertiary/aromatic N) is 1. The van der Waals surface area contributed by atoms with Crippen LogP contribution in [0.2, 0.25) is 0 Å². The molecule has 2 aliphatic rings. The first-order valence-electron chi connectivity index (χ1n) is 8.61. The van der Waals surface area contributed by atoms with Crippen LogP contribution in [0, 0.1) is 11.3 Å². The minimum absolute atomic E-state index is 0.0591. The van der Waals surface area contributed by atoms with Crippen molar-refractivity contribution >= 4 is 11.8 Å². The lowest BCUT2D eigenvalue weighted by molar-refractivity contribution is -0.274. The lowest BCUT2D eigenvalue weighted by Gasteiger charge is -2.28. The zero-order valence-corrected chi connectivity index (χ0v) is 14.4. The van der Waals surface area contributed by atoms with Gasteiger partial charge in [-0.05, 0) is 37.1 Å². The van der Waals surface area contributed by atoms with Crippen LogP contribution in [0.25, 0.3) is 0 Å². The number of benzene rings is 1. The van der Waals surface area contributed by atoms with Crippen molar-refractivity contribution in [3.63, 3.8) is 0 Å². The van der Waals surface area contributed by atoms with Gasteiger partial charge in [-0.15, -0.1) is 13.2 Å². The average Bonchev–Trinajstić information content (AvgIpc) is 3.21. The molecule has 1 saturated carbocycles. The molecule has 3 rings (SSSR count). The molecule has 1 saturated heterocycles. The summed E-state index contributed by atoms with van der Waals surface area (Å²) in [6, 6.07) is 4.88. The van der Waals surface area contributed by atoms with E-state index in [1.807, 2.05) is 0 Å². The van der Waals surface area contributed by atoms with Gasteiger partial charge in [0.1, 0.15) is 5.75 Å². The molecule has 26 heavy (non-hydrogen) atoms. The first kappa shape index (κ1) is 18.5. The minimum atomic E-state index is -4.77. The van der Waals surface area contributed by atoms with Crippen LogP contribution in [-0.4, -0.2) is 43.2 Å². The molecule has 1 aliphatic heterocycles. The van der Waals surface area contributed by atoms with E-state index in [1.54, 1.807) is 11.9 Å². The first-order chi connectivity index (χ1) is 12.2. The summed E-state index contributed by atoms with van der Waals surface area (Å²) in [5.41, 5.74) is 0.0972. The number of amides is 2. The predicted octanol–water partition coefficient (Wildman–Crippen LogP) is 2.96. The molecule has 0 radical (unpaired) electrons. The van der Waals surface area contributed by atoms with E-state index in [-0.39, 0.29) is 34.5 Å². The maximum Gasteiger partial charge on any atom is 0.573 e. The van der Waals surface area contributed by atoms with E-state index in [9.17, 15) is 22.8 Å². The molecule has 1 aromatic carbocycles. The Morgan fingerprint density at radius 3 is 2.35 bits per heavy atom. The summed E-state index contributed by atoms with van der Waals surface area (Å²) in [6.45, 7) is 0.837. The Balaban J connectivity index is 1.75. The number of hydrogen-bond acceptors (Lipinski definition) is 3. The topological polar surface area (TPSA) is 58.6 Å². The second kappa shape index (κ2) is 6.81. The molecule has 1 aliphatic carbocycles. The van der Waals surface area contributed by atoms with Crippen LogP contribution in [-0.2, 0) is 4.79 Å². The Morgan fingerprint density at radius 1 is 1.19 bits per heavy atom. The van der Waals surface area contributed by atoms with Crippen molar-refractivity contribution in [2.75, 3.05) is 20.1 Å². The van der Waals surface area contributed by atoms with Crippen molar-refractivity contribution in [1.29, 1.82) is 0 Å². The fourth-order valence-electron chi connectivity index (χ4n) is 4.23. The van der Waals surface area contributed by atoms with E-state index in [4.69, 9.17) is 0 Å². The van der Waals surface area contributed by atoms with E-state index in [0.717, 1.165) is 37.8 Å². The highest BCUT2D eigenvalue weighted by Crippen LogP contribution is 2.49. The Morgan fingerprint density at radius 2 is 1.81 bits per heavy atom. The molecule has 1 spiro atoms. The molecule has 1 atom stereocenters. The van der Waals surface area contributed by atoms with Crippen molar-refractivity contribution in [1.82, 2.24) is 10.2 Å². The Bertz CT molecular complexity index is 682. The van der Waals surface area contributed by atoms with Gasteiger partial charge >= 0.3 is 6.36 Å². The SMILES string of the molecule is CNC(=O)[C@@H]1CN(C(=O)c2ccc(OC(F)(F)F)cc2)CC12CCCC2. The number of carbonyl (C=O) groups is 2. The van der Waals surface area contributed by atoms with E-state index in [2.05, 4.69) is 10.1 Å². The molecule has 8 heteroatoms. The zero-order valence-electron chi connectivity index (χ0n) is 14.4. The van der Waals surface area contributed by atoms with Gasteiger partial charge < -0.3 is 15.0 Å². The van der Waals surface area contributed by atoms with Gasteiger partial charge in [0.2, 0.25) is 5.91 Å². The number of halogens is 3. The number of alkyl halides is 3. The smallest absolute Gasteiger partial charge is 0.406 e. The summed E-state index contributed by atoms with van der Waals surface area (Å²) in [5, 5.41) is 2.69. The first-order valence-corrected chi connectivity index (χ1v) is 8.61. The summed E-state index contributed by atoms with van der Waals surface area (Å²) in [7, 11) is 1.59. The maximum atomic E-state index is 12.8. The third-order valence-corrected chi connectivity index (χ3v) is 5.43. The Labute approximate surface area is 149 Å². The molecular formula is C18H21F3N2O3. The quantitative estimate of drug-likeness (QED) is 0.890. The lowest BCUT2D eigenvalue weighted by atomic mass is 9.76. The molecule has 0 aromatic heterocycles. The van der Waals surface area contributed by atoms with Crippen LogP contribution < -0.4 is 10.1 Å². The zero-order chi connectivity index (χ0) is 18.9. The van der Waals surface area contributed by atoms with Crippen LogP contribution in [0.15, 0.2) is 24.3 Å². The van der Waals surface area contributed by atoms with Crippen molar-refractivity contribution in [2.24, 2.45) is 11.3 Å². The largest absolute Gasteiger partial charge is 0.573 e. The van der Waals surface area contributed by atoms with Gasteiger partial charge in [0.15, 0.2) is 0 Å². The summed E-state index contributed by atoms with van der Waals surface area (Å²) >= 11 is 0. The summed E-state index contributed by atoms with van der Waals surface area (Å²) < 4.78 is 40.5. The number of nitrogens with one attached hydrogen (secondary N) is 1. The van der Waals surface area contributed by atoms with Gasteiger partial charge in [-0.25, -0.2) is 0 Å². The van der Waals surface area contributed by atoms with E-state index < -0.39 is 6.36 Å². The van der Waals surface area contributed by atoms with Crippen molar-refractivity contribution < 1.29 is 27.5 Å². The van der Waals surface area contributed by atoms with Gasteiger partial charge in [0.25, 0.3) is 5.91 Å². The summed E-state index contributed by atoms with van der Waals surface area (Å²) in [4.78, 5) is 26.7. The van der Waals surface area contributed by atoms with E-state index >= 15 is 0 Å². The molecule has 1 aromatic rings. The maximum absolute atomic E-state index is 12.8. The normalized spacial score (nSPS) is 21.8. The fourth-order valence-corrected chi connectivity index (χ4v) is 4.23. The third kappa shape index (κ3) is 3.64. The van der Waals surface area contributed by atoms with Crippen LogP contribution >= 0.6 is 0 Å². The molecule has 0 unspecified atom stereocenters. The van der Waals surface area contributed by atoms with Gasteiger partial charge in [-0.3, -0.25) is 9.59 Å². The van der Waals surface area contributed by atoms with Crippen LogP contribution in [0.5, 0.6) is 5.75 Å². The standard InChI is InChI=1S/C18H21F3N2O3/c1-22-15(24)14-10-23(11-17(14)8-2-3-9-17)16(25)12-4-6-13(7-5-12)26-18(19,20)21/h4-7,14H,2-3,8-11H2,1H3,(H,22,24)/t14-/m0/s1. The van der Waals surface area contributed by atoms with Gasteiger partial charge in [-0.2, -0.15) is 0 Å². The molecule has 5 nitrogen and oxygen atoms in total. The van der Waals surface area contributed by atoms with Crippen LogP contribution in [0.4, 0.5) is 13.2 Å². The fraction of sp³-hybridized carbons (Fsp3) is 0.556.